The number of amides is 1. The van der Waals surface area contributed by atoms with Gasteiger partial charge in [-0.25, -0.2) is 21.9 Å². The highest BCUT2D eigenvalue weighted by Crippen LogP contribution is 2.47. The van der Waals surface area contributed by atoms with E-state index in [2.05, 4.69) is 10.8 Å². The Hall–Kier alpha value is -2.69. The summed E-state index contributed by atoms with van der Waals surface area (Å²) in [5.41, 5.74) is 2.75. The Morgan fingerprint density at radius 2 is 1.91 bits per heavy atom. The fraction of sp³-hybridized carbons (Fsp3) is 0.545. The van der Waals surface area contributed by atoms with Crippen molar-refractivity contribution in [3.8, 4) is 5.75 Å². The first-order valence-corrected chi connectivity index (χ1v) is 17.4. The van der Waals surface area contributed by atoms with Gasteiger partial charge in [-0.1, -0.05) is 24.6 Å². The number of halogens is 3. The number of ether oxygens (including phenoxy) is 2. The highest BCUT2D eigenvalue weighted by atomic mass is 35.5. The van der Waals surface area contributed by atoms with E-state index in [-0.39, 0.29) is 41.9 Å². The first-order chi connectivity index (χ1) is 21.0. The second-order valence-corrected chi connectivity index (χ2v) is 15.2. The van der Waals surface area contributed by atoms with E-state index < -0.39 is 37.8 Å². The molecule has 0 saturated heterocycles. The van der Waals surface area contributed by atoms with Gasteiger partial charge in [-0.2, -0.15) is 0 Å². The van der Waals surface area contributed by atoms with E-state index in [0.29, 0.717) is 55.0 Å². The van der Waals surface area contributed by atoms with Gasteiger partial charge in [-0.3, -0.25) is 4.79 Å². The molecule has 5 aliphatic rings. The van der Waals surface area contributed by atoms with E-state index in [1.54, 1.807) is 32.2 Å². The highest BCUT2D eigenvalue weighted by molar-refractivity contribution is 7.90. The average molecular weight is 649 g/mol. The predicted molar refractivity (Wildman–Crippen MR) is 166 cm³/mol. The van der Waals surface area contributed by atoms with Gasteiger partial charge in [0.1, 0.15) is 22.4 Å². The van der Waals surface area contributed by atoms with Gasteiger partial charge in [0.25, 0.3) is 5.91 Å². The van der Waals surface area contributed by atoms with Crippen molar-refractivity contribution in [2.24, 2.45) is 23.7 Å². The molecule has 3 aliphatic heterocycles. The molecule has 7 rings (SSSR count). The van der Waals surface area contributed by atoms with Crippen LogP contribution in [0.1, 0.15) is 67.4 Å². The summed E-state index contributed by atoms with van der Waals surface area (Å²) in [6.45, 7) is 4.59. The van der Waals surface area contributed by atoms with Gasteiger partial charge in [0, 0.05) is 25.8 Å². The zero-order valence-electron chi connectivity index (χ0n) is 25.2. The molecule has 2 aromatic carbocycles. The molecule has 0 spiro atoms. The van der Waals surface area contributed by atoms with Crippen LogP contribution in [0.15, 0.2) is 35.9 Å². The van der Waals surface area contributed by atoms with Crippen molar-refractivity contribution in [2.45, 2.75) is 70.3 Å². The molecule has 44 heavy (non-hydrogen) atoms. The minimum absolute atomic E-state index is 0.0675. The van der Waals surface area contributed by atoms with Crippen molar-refractivity contribution in [1.82, 2.24) is 4.72 Å². The standard InChI is InChI=1S/C33H39ClF2N2O5S/c1-18-19(2)44(40,41)37-33(39)20-8-10-29-28(15-20)38(16-21-7-9-26(21)32(42-3)23-12-22(18)13-23)17-24-14-27(35)30(34)31(36)25(24)6-4-5-11-43-29/h8,10,12,14-15,18-19,21-22,26,32H,4-7,9,11,13,16-17H2,1-3H3,(H,37,39)/t18-,19-,21+,22?,26-,32+/m1/s1. The van der Waals surface area contributed by atoms with Crippen LogP contribution in [0.3, 0.4) is 0 Å². The molecule has 2 aromatic rings. The molecule has 6 atom stereocenters. The molecule has 3 heterocycles. The third-order valence-electron chi connectivity index (χ3n) is 10.3. The molecule has 1 saturated carbocycles. The molecule has 2 aliphatic carbocycles. The van der Waals surface area contributed by atoms with E-state index in [0.717, 1.165) is 19.3 Å². The minimum Gasteiger partial charge on any atom is -0.491 e. The van der Waals surface area contributed by atoms with Gasteiger partial charge in [-0.15, -0.1) is 0 Å². The Labute approximate surface area is 263 Å². The van der Waals surface area contributed by atoms with Crippen molar-refractivity contribution in [3.63, 3.8) is 0 Å². The normalized spacial score (nSPS) is 30.2. The second kappa shape index (κ2) is 12.2. The maximum atomic E-state index is 15.4. The molecule has 11 heteroatoms. The van der Waals surface area contributed by atoms with Crippen LogP contribution >= 0.6 is 11.6 Å². The van der Waals surface area contributed by atoms with E-state index in [1.165, 1.54) is 11.6 Å². The molecular weight excluding hydrogens is 610 g/mol. The molecule has 1 N–H and O–H groups in total. The van der Waals surface area contributed by atoms with E-state index in [4.69, 9.17) is 21.1 Å². The number of benzene rings is 2. The number of carbonyl (C=O) groups is 1. The molecule has 1 fully saturated rings. The van der Waals surface area contributed by atoms with Crippen molar-refractivity contribution in [1.29, 1.82) is 0 Å². The molecule has 0 aromatic heterocycles. The van der Waals surface area contributed by atoms with Crippen molar-refractivity contribution < 1.29 is 31.5 Å². The van der Waals surface area contributed by atoms with E-state index in [9.17, 15) is 17.6 Å². The third kappa shape index (κ3) is 5.73. The number of nitrogens with one attached hydrogen (secondary N) is 1. The summed E-state index contributed by atoms with van der Waals surface area (Å²) in [4.78, 5) is 15.4. The van der Waals surface area contributed by atoms with Gasteiger partial charge in [0.15, 0.2) is 0 Å². The van der Waals surface area contributed by atoms with Crippen LogP contribution in [-0.2, 0) is 27.7 Å². The number of rotatable bonds is 1. The number of fused-ring (bicyclic) bond motifs is 5. The zero-order chi connectivity index (χ0) is 31.3. The summed E-state index contributed by atoms with van der Waals surface area (Å²) in [5.74, 6) is -1.47. The lowest BCUT2D eigenvalue weighted by Gasteiger charge is -2.47. The summed E-state index contributed by atoms with van der Waals surface area (Å²) < 4.78 is 71.5. The Balaban J connectivity index is 1.48. The SMILES string of the molecule is CO[C@H]1C2=CC(C2)[C@H](C)[C@@H](C)S(=O)(=O)NC(=O)c2ccc3c(c2)N(Cc2cc(F)c(Cl)c(F)c2CCCCO3)C[C@@H]2CC[C@H]21. The summed E-state index contributed by atoms with van der Waals surface area (Å²) in [6.07, 6.45) is 6.34. The van der Waals surface area contributed by atoms with Crippen LogP contribution in [-0.4, -0.2) is 45.9 Å². The summed E-state index contributed by atoms with van der Waals surface area (Å²) in [6, 6.07) is 6.16. The van der Waals surface area contributed by atoms with Crippen LogP contribution in [0.25, 0.3) is 0 Å². The number of methoxy groups -OCH3 is 1. The lowest BCUT2D eigenvalue weighted by Crippen LogP contribution is -2.47. The van der Waals surface area contributed by atoms with Crippen LogP contribution in [0.2, 0.25) is 5.02 Å². The minimum atomic E-state index is -3.99. The number of nitrogens with zero attached hydrogens (tertiary/aromatic N) is 1. The molecule has 0 radical (unpaired) electrons. The van der Waals surface area contributed by atoms with Gasteiger partial charge in [-0.05, 0) is 110 Å². The fourth-order valence-corrected chi connectivity index (χ4v) is 8.74. The predicted octanol–water partition coefficient (Wildman–Crippen LogP) is 6.43. The third-order valence-corrected chi connectivity index (χ3v) is 12.6. The number of hydrogen-bond acceptors (Lipinski definition) is 6. The van der Waals surface area contributed by atoms with Gasteiger partial charge >= 0.3 is 0 Å². The largest absolute Gasteiger partial charge is 0.491 e. The fourth-order valence-electron chi connectivity index (χ4n) is 7.24. The molecule has 1 amide bonds. The summed E-state index contributed by atoms with van der Waals surface area (Å²) >= 11 is 6.01. The lowest BCUT2D eigenvalue weighted by molar-refractivity contribution is -0.000331. The van der Waals surface area contributed by atoms with Crippen molar-refractivity contribution >= 4 is 33.2 Å². The quantitative estimate of drug-likeness (QED) is 0.284. The Kier molecular flexibility index (Phi) is 8.71. The average Bonchev–Trinajstić information content (AvgIpc) is 2.98. The van der Waals surface area contributed by atoms with Gasteiger partial charge < -0.3 is 14.4 Å². The van der Waals surface area contributed by atoms with E-state index in [1.807, 2.05) is 11.8 Å². The van der Waals surface area contributed by atoms with Crippen molar-refractivity contribution in [2.75, 3.05) is 25.2 Å². The van der Waals surface area contributed by atoms with Crippen LogP contribution in [0.5, 0.6) is 5.75 Å². The Morgan fingerprint density at radius 3 is 2.61 bits per heavy atom. The molecule has 4 bridgehead atoms. The monoisotopic (exact) mass is 648 g/mol. The van der Waals surface area contributed by atoms with Crippen LogP contribution in [0.4, 0.5) is 14.5 Å². The smallest absolute Gasteiger partial charge is 0.264 e. The Bertz CT molecular complexity index is 1600. The number of anilines is 1. The maximum absolute atomic E-state index is 15.4. The summed E-state index contributed by atoms with van der Waals surface area (Å²) in [5, 5.41) is -1.31. The van der Waals surface area contributed by atoms with E-state index >= 15 is 4.39 Å². The topological polar surface area (TPSA) is 84.9 Å². The number of sulfonamides is 1. The zero-order valence-corrected chi connectivity index (χ0v) is 26.8. The number of allylic oxidation sites excluding steroid dienone is 1. The van der Waals surface area contributed by atoms with Gasteiger partial charge in [0.05, 0.1) is 23.6 Å². The van der Waals surface area contributed by atoms with Gasteiger partial charge in [0.2, 0.25) is 10.0 Å². The number of carbonyl (C=O) groups excluding carboxylic acids is 1. The first kappa shape index (κ1) is 31.3. The first-order valence-electron chi connectivity index (χ1n) is 15.4. The highest BCUT2D eigenvalue weighted by Gasteiger charge is 2.44. The molecule has 7 nitrogen and oxygen atoms in total. The van der Waals surface area contributed by atoms with Crippen molar-refractivity contribution in [3.05, 3.63) is 69.3 Å². The molecule has 1 unspecified atom stereocenters. The molecule has 238 valence electrons. The lowest BCUT2D eigenvalue weighted by atomic mass is 9.64. The second-order valence-electron chi connectivity index (χ2n) is 12.8. The number of hydrogen-bond donors (Lipinski definition) is 1. The molecular formula is C33H39ClF2N2O5S. The van der Waals surface area contributed by atoms with Crippen LogP contribution in [0, 0.1) is 35.3 Å². The maximum Gasteiger partial charge on any atom is 0.264 e. The summed E-state index contributed by atoms with van der Waals surface area (Å²) in [7, 11) is -2.27. The Morgan fingerprint density at radius 1 is 1.14 bits per heavy atom. The van der Waals surface area contributed by atoms with Crippen LogP contribution < -0.4 is 14.4 Å².